The van der Waals surface area contributed by atoms with Crippen LogP contribution in [0, 0.1) is 16.6 Å². The standard InChI is InChI=1S/C15H22N4OS/c1-10-3-5-11(6-4-10)7-8-19-13-12(18-15(19)21)14(20-2)17-9-16-13/h9-11H,3-8H2,1-2H3,(H,18,21). The maximum Gasteiger partial charge on any atom is 0.242 e. The number of hydrogen-bond acceptors (Lipinski definition) is 4. The molecule has 1 aliphatic rings. The van der Waals surface area contributed by atoms with Crippen molar-refractivity contribution in [2.24, 2.45) is 11.8 Å². The second-order valence-corrected chi connectivity index (χ2v) is 6.46. The molecular formula is C15H22N4OS. The van der Waals surface area contributed by atoms with Gasteiger partial charge in [-0.3, -0.25) is 0 Å². The predicted molar refractivity (Wildman–Crippen MR) is 85.0 cm³/mol. The molecule has 2 heterocycles. The normalized spacial score (nSPS) is 22.6. The summed E-state index contributed by atoms with van der Waals surface area (Å²) in [6.45, 7) is 3.27. The van der Waals surface area contributed by atoms with Crippen LogP contribution in [-0.2, 0) is 6.54 Å². The van der Waals surface area contributed by atoms with Crippen molar-refractivity contribution in [2.75, 3.05) is 7.11 Å². The quantitative estimate of drug-likeness (QED) is 0.875. The number of hydrogen-bond donors (Lipinski definition) is 1. The van der Waals surface area contributed by atoms with Crippen LogP contribution in [-0.4, -0.2) is 26.6 Å². The van der Waals surface area contributed by atoms with Gasteiger partial charge in [0, 0.05) is 6.54 Å². The van der Waals surface area contributed by atoms with Crippen molar-refractivity contribution in [2.45, 2.75) is 45.6 Å². The molecule has 1 saturated carbocycles. The van der Waals surface area contributed by atoms with E-state index in [-0.39, 0.29) is 0 Å². The lowest BCUT2D eigenvalue weighted by Gasteiger charge is -2.26. The lowest BCUT2D eigenvalue weighted by Crippen LogP contribution is -2.14. The fraction of sp³-hybridized carbons (Fsp3) is 0.667. The Morgan fingerprint density at radius 2 is 2.10 bits per heavy atom. The van der Waals surface area contributed by atoms with E-state index in [1.165, 1.54) is 38.4 Å². The highest BCUT2D eigenvalue weighted by atomic mass is 32.1. The maximum absolute atomic E-state index is 5.43. The number of nitrogens with one attached hydrogen (secondary N) is 1. The number of fused-ring (bicyclic) bond motifs is 1. The number of aromatic amines is 1. The average Bonchev–Trinajstić information content (AvgIpc) is 2.82. The molecule has 5 nitrogen and oxygen atoms in total. The zero-order valence-electron chi connectivity index (χ0n) is 12.6. The van der Waals surface area contributed by atoms with Gasteiger partial charge < -0.3 is 14.3 Å². The molecular weight excluding hydrogens is 284 g/mol. The summed E-state index contributed by atoms with van der Waals surface area (Å²) in [6.07, 6.45) is 8.10. The first-order valence-corrected chi connectivity index (χ1v) is 8.07. The second kappa shape index (κ2) is 6.13. The first-order valence-electron chi connectivity index (χ1n) is 7.66. The van der Waals surface area contributed by atoms with Crippen LogP contribution in [0.5, 0.6) is 5.88 Å². The van der Waals surface area contributed by atoms with Gasteiger partial charge in [0.05, 0.1) is 7.11 Å². The minimum absolute atomic E-state index is 0.552. The molecule has 2 aromatic rings. The maximum atomic E-state index is 5.43. The van der Waals surface area contributed by atoms with Gasteiger partial charge in [-0.05, 0) is 30.5 Å². The van der Waals surface area contributed by atoms with E-state index in [4.69, 9.17) is 17.0 Å². The first kappa shape index (κ1) is 14.5. The van der Waals surface area contributed by atoms with Crippen LogP contribution in [0.3, 0.4) is 0 Å². The smallest absolute Gasteiger partial charge is 0.242 e. The Kier molecular flexibility index (Phi) is 4.24. The van der Waals surface area contributed by atoms with Gasteiger partial charge in [-0.15, -0.1) is 0 Å². The number of rotatable bonds is 4. The Morgan fingerprint density at radius 3 is 2.81 bits per heavy atom. The first-order chi connectivity index (χ1) is 10.2. The van der Waals surface area contributed by atoms with E-state index >= 15 is 0 Å². The summed E-state index contributed by atoms with van der Waals surface area (Å²) in [7, 11) is 1.61. The number of nitrogens with zero attached hydrogens (tertiary/aromatic N) is 3. The van der Waals surface area contributed by atoms with Crippen molar-refractivity contribution >= 4 is 23.4 Å². The molecule has 21 heavy (non-hydrogen) atoms. The summed E-state index contributed by atoms with van der Waals surface area (Å²) in [5, 5.41) is 0. The predicted octanol–water partition coefficient (Wildman–Crippen LogP) is 3.71. The Bertz CT molecular complexity index is 670. The number of methoxy groups -OCH3 is 1. The van der Waals surface area contributed by atoms with Crippen molar-refractivity contribution in [3.8, 4) is 5.88 Å². The third-order valence-corrected chi connectivity index (χ3v) is 4.94. The highest BCUT2D eigenvalue weighted by molar-refractivity contribution is 7.71. The Labute approximate surface area is 129 Å². The van der Waals surface area contributed by atoms with Gasteiger partial charge >= 0.3 is 0 Å². The molecule has 0 aromatic carbocycles. The monoisotopic (exact) mass is 306 g/mol. The van der Waals surface area contributed by atoms with Crippen molar-refractivity contribution in [1.29, 1.82) is 0 Å². The number of aryl methyl sites for hydroxylation is 1. The molecule has 0 amide bonds. The van der Waals surface area contributed by atoms with E-state index in [1.807, 2.05) is 0 Å². The molecule has 6 heteroatoms. The molecule has 2 aromatic heterocycles. The van der Waals surface area contributed by atoms with Crippen LogP contribution in [0.4, 0.5) is 0 Å². The Hall–Kier alpha value is -1.43. The zero-order valence-corrected chi connectivity index (χ0v) is 13.4. The van der Waals surface area contributed by atoms with Gasteiger partial charge in [0.1, 0.15) is 11.8 Å². The minimum atomic E-state index is 0.552. The van der Waals surface area contributed by atoms with Gasteiger partial charge in [-0.2, -0.15) is 4.98 Å². The average molecular weight is 306 g/mol. The van der Waals surface area contributed by atoms with Gasteiger partial charge in [0.2, 0.25) is 5.88 Å². The van der Waals surface area contributed by atoms with Crippen molar-refractivity contribution in [1.82, 2.24) is 19.5 Å². The van der Waals surface area contributed by atoms with Crippen LogP contribution in [0.2, 0.25) is 0 Å². The molecule has 0 aliphatic heterocycles. The highest BCUT2D eigenvalue weighted by Gasteiger charge is 2.19. The number of ether oxygens (including phenoxy) is 1. The highest BCUT2D eigenvalue weighted by Crippen LogP contribution is 2.31. The van der Waals surface area contributed by atoms with E-state index in [2.05, 4.69) is 26.4 Å². The largest absolute Gasteiger partial charge is 0.479 e. The number of H-pyrrole nitrogens is 1. The van der Waals surface area contributed by atoms with Crippen LogP contribution >= 0.6 is 12.2 Å². The van der Waals surface area contributed by atoms with Crippen molar-refractivity contribution in [3.63, 3.8) is 0 Å². The molecule has 1 N–H and O–H groups in total. The molecule has 0 radical (unpaired) electrons. The fourth-order valence-corrected chi connectivity index (χ4v) is 3.52. The van der Waals surface area contributed by atoms with Gasteiger partial charge in [-0.25, -0.2) is 4.98 Å². The van der Waals surface area contributed by atoms with E-state index in [0.717, 1.165) is 29.5 Å². The zero-order chi connectivity index (χ0) is 14.8. The summed E-state index contributed by atoms with van der Waals surface area (Å²) < 4.78 is 8.04. The van der Waals surface area contributed by atoms with Gasteiger partial charge in [0.15, 0.2) is 10.4 Å². The molecule has 0 spiro atoms. The third kappa shape index (κ3) is 2.95. The molecule has 0 unspecified atom stereocenters. The Morgan fingerprint density at radius 1 is 1.33 bits per heavy atom. The van der Waals surface area contributed by atoms with Crippen LogP contribution in [0.1, 0.15) is 39.0 Å². The molecule has 0 atom stereocenters. The lowest BCUT2D eigenvalue weighted by atomic mass is 9.81. The Balaban J connectivity index is 1.78. The molecule has 114 valence electrons. The number of imidazole rings is 1. The summed E-state index contributed by atoms with van der Waals surface area (Å²) in [5.74, 6) is 2.27. The minimum Gasteiger partial charge on any atom is -0.479 e. The molecule has 1 aliphatic carbocycles. The fourth-order valence-electron chi connectivity index (χ4n) is 3.24. The van der Waals surface area contributed by atoms with Crippen LogP contribution < -0.4 is 4.74 Å². The van der Waals surface area contributed by atoms with Gasteiger partial charge in [0.25, 0.3) is 0 Å². The SMILES string of the molecule is COc1ncnc2c1[nH]c(=S)n2CCC1CCC(C)CC1. The summed E-state index contributed by atoms with van der Waals surface area (Å²) in [6, 6.07) is 0. The number of aromatic nitrogens is 4. The van der Waals surface area contributed by atoms with E-state index < -0.39 is 0 Å². The molecule has 3 rings (SSSR count). The molecule has 1 fully saturated rings. The second-order valence-electron chi connectivity index (χ2n) is 6.08. The van der Waals surface area contributed by atoms with Crippen molar-refractivity contribution < 1.29 is 4.74 Å². The van der Waals surface area contributed by atoms with Crippen LogP contribution in [0.15, 0.2) is 6.33 Å². The van der Waals surface area contributed by atoms with E-state index in [0.29, 0.717) is 10.7 Å². The summed E-state index contributed by atoms with van der Waals surface area (Å²) >= 11 is 5.43. The van der Waals surface area contributed by atoms with E-state index in [1.54, 1.807) is 7.11 Å². The van der Waals surface area contributed by atoms with E-state index in [9.17, 15) is 0 Å². The summed E-state index contributed by atoms with van der Waals surface area (Å²) in [4.78, 5) is 11.6. The van der Waals surface area contributed by atoms with Crippen molar-refractivity contribution in [3.05, 3.63) is 11.1 Å². The lowest BCUT2D eigenvalue weighted by molar-refractivity contribution is 0.269. The molecule has 0 saturated heterocycles. The topological polar surface area (TPSA) is 55.7 Å². The molecule has 0 bridgehead atoms. The summed E-state index contributed by atoms with van der Waals surface area (Å²) in [5.41, 5.74) is 1.64. The third-order valence-electron chi connectivity index (χ3n) is 4.61. The van der Waals surface area contributed by atoms with Crippen LogP contribution in [0.25, 0.3) is 11.2 Å². The van der Waals surface area contributed by atoms with Gasteiger partial charge in [-0.1, -0.05) is 32.6 Å².